The number of hydrogen-bond donors (Lipinski definition) is 1. The summed E-state index contributed by atoms with van der Waals surface area (Å²) >= 11 is 1.37. The van der Waals surface area contributed by atoms with Gasteiger partial charge in [0, 0.05) is 0 Å². The van der Waals surface area contributed by atoms with E-state index < -0.39 is 0 Å². The number of rotatable bonds is 7. The fraction of sp³-hybridized carbons (Fsp3) is 0.150. The number of hydrogen-bond acceptors (Lipinski definition) is 5. The van der Waals surface area contributed by atoms with Crippen LogP contribution in [-0.2, 0) is 11.4 Å². The summed E-state index contributed by atoms with van der Waals surface area (Å²) in [7, 11) is 0. The first-order valence-electron chi connectivity index (χ1n) is 8.21. The van der Waals surface area contributed by atoms with Crippen LogP contribution in [0.15, 0.2) is 77.5 Å². The lowest BCUT2D eigenvalue weighted by molar-refractivity contribution is -0.118. The van der Waals surface area contributed by atoms with E-state index in [9.17, 15) is 4.79 Å². The van der Waals surface area contributed by atoms with E-state index in [1.807, 2.05) is 54.6 Å². The largest absolute Gasteiger partial charge is 0.489 e. The lowest BCUT2D eigenvalue weighted by atomic mass is 10.2. The van der Waals surface area contributed by atoms with Gasteiger partial charge in [0.2, 0.25) is 5.91 Å². The van der Waals surface area contributed by atoms with E-state index in [1.54, 1.807) is 12.3 Å². The van der Waals surface area contributed by atoms with Crippen molar-refractivity contribution in [2.45, 2.75) is 18.3 Å². The van der Waals surface area contributed by atoms with Crippen molar-refractivity contribution in [2.24, 2.45) is 10.2 Å². The number of nitrogens with one attached hydrogen (secondary N) is 1. The summed E-state index contributed by atoms with van der Waals surface area (Å²) in [6.45, 7) is 4.18. The van der Waals surface area contributed by atoms with Crippen LogP contribution in [0.2, 0.25) is 0 Å². The Morgan fingerprint density at radius 3 is 2.65 bits per heavy atom. The van der Waals surface area contributed by atoms with Crippen LogP contribution in [0.25, 0.3) is 0 Å². The molecule has 2 aromatic rings. The molecule has 6 heteroatoms. The smallest absolute Gasteiger partial charge is 0.239 e. The molecule has 2 aromatic carbocycles. The molecule has 1 saturated heterocycles. The van der Waals surface area contributed by atoms with Gasteiger partial charge in [0.25, 0.3) is 0 Å². The van der Waals surface area contributed by atoms with Crippen molar-refractivity contribution in [2.75, 3.05) is 0 Å². The number of carbonyl (C=O) groups excluding carboxylic acids is 1. The van der Waals surface area contributed by atoms with Gasteiger partial charge >= 0.3 is 0 Å². The standard InChI is InChI=1S/C20H19N3O2S/c1-2-6-18-19(24)22-20(26-18)23-21-13-15-9-11-17(12-10-15)25-14-16-7-4-3-5-8-16/h2-5,7-13,18H,1,6,14H2,(H,22,23,24)/b21-13-. The normalized spacial score (nSPS) is 18.2. The minimum atomic E-state index is -0.164. The predicted molar refractivity (Wildman–Crippen MR) is 107 cm³/mol. The van der Waals surface area contributed by atoms with Gasteiger partial charge in [0.15, 0.2) is 5.17 Å². The predicted octanol–water partition coefficient (Wildman–Crippen LogP) is 3.76. The Kier molecular flexibility index (Phi) is 6.22. The zero-order valence-corrected chi connectivity index (χ0v) is 15.0. The number of amides is 1. The average Bonchev–Trinajstić information content (AvgIpc) is 3.02. The molecule has 0 aromatic heterocycles. The van der Waals surface area contributed by atoms with Gasteiger partial charge in [-0.05, 0) is 41.8 Å². The molecule has 1 unspecified atom stereocenters. The van der Waals surface area contributed by atoms with E-state index in [0.717, 1.165) is 16.9 Å². The third kappa shape index (κ3) is 5.07. The van der Waals surface area contributed by atoms with Gasteiger partial charge in [-0.15, -0.1) is 11.7 Å². The van der Waals surface area contributed by atoms with Crippen LogP contribution in [-0.4, -0.2) is 22.5 Å². The second-order valence-electron chi connectivity index (χ2n) is 5.61. The van der Waals surface area contributed by atoms with E-state index in [2.05, 4.69) is 22.1 Å². The Labute approximate surface area is 156 Å². The number of nitrogens with zero attached hydrogens (tertiary/aromatic N) is 2. The number of benzene rings is 2. The highest BCUT2D eigenvalue weighted by molar-refractivity contribution is 8.15. The van der Waals surface area contributed by atoms with Crippen molar-refractivity contribution in [1.82, 2.24) is 5.32 Å². The molecular weight excluding hydrogens is 346 g/mol. The molecule has 0 spiro atoms. The summed E-state index contributed by atoms with van der Waals surface area (Å²) in [6, 6.07) is 17.6. The molecule has 1 N–H and O–H groups in total. The lowest BCUT2D eigenvalue weighted by Gasteiger charge is -2.06. The van der Waals surface area contributed by atoms with Gasteiger partial charge in [-0.2, -0.15) is 5.10 Å². The first kappa shape index (κ1) is 17.9. The second kappa shape index (κ2) is 9.01. The number of ether oxygens (including phenoxy) is 1. The number of thioether (sulfide) groups is 1. The molecule has 3 rings (SSSR count). The van der Waals surface area contributed by atoms with Crippen LogP contribution in [0.3, 0.4) is 0 Å². The fourth-order valence-electron chi connectivity index (χ4n) is 2.30. The van der Waals surface area contributed by atoms with E-state index >= 15 is 0 Å². The highest BCUT2D eigenvalue weighted by Gasteiger charge is 2.28. The van der Waals surface area contributed by atoms with Crippen LogP contribution in [0.5, 0.6) is 5.75 Å². The van der Waals surface area contributed by atoms with Gasteiger partial charge in [0.05, 0.1) is 11.5 Å². The molecule has 1 aliphatic heterocycles. The first-order valence-corrected chi connectivity index (χ1v) is 9.09. The van der Waals surface area contributed by atoms with Gasteiger partial charge in [-0.25, -0.2) is 0 Å². The summed E-state index contributed by atoms with van der Waals surface area (Å²) in [5.41, 5.74) is 2.03. The van der Waals surface area contributed by atoms with E-state index in [-0.39, 0.29) is 11.2 Å². The Bertz CT molecular complexity index is 817. The molecule has 1 fully saturated rings. The highest BCUT2D eigenvalue weighted by atomic mass is 32.2. The van der Waals surface area contributed by atoms with Crippen molar-refractivity contribution in [3.8, 4) is 5.75 Å². The van der Waals surface area contributed by atoms with E-state index in [0.29, 0.717) is 18.2 Å². The van der Waals surface area contributed by atoms with Gasteiger partial charge < -0.3 is 10.1 Å². The van der Waals surface area contributed by atoms with Crippen LogP contribution in [0, 0.1) is 0 Å². The Morgan fingerprint density at radius 2 is 1.92 bits per heavy atom. The molecule has 1 heterocycles. The third-order valence-electron chi connectivity index (χ3n) is 3.64. The van der Waals surface area contributed by atoms with Crippen molar-refractivity contribution >= 4 is 29.1 Å². The van der Waals surface area contributed by atoms with Crippen LogP contribution in [0.1, 0.15) is 17.5 Å². The van der Waals surface area contributed by atoms with Crippen molar-refractivity contribution in [1.29, 1.82) is 0 Å². The summed E-state index contributed by atoms with van der Waals surface area (Å²) < 4.78 is 5.75. The quantitative estimate of drug-likeness (QED) is 0.462. The second-order valence-corrected chi connectivity index (χ2v) is 6.80. The lowest BCUT2D eigenvalue weighted by Crippen LogP contribution is -2.24. The number of amidine groups is 1. The zero-order valence-electron chi connectivity index (χ0n) is 14.2. The average molecular weight is 365 g/mol. The number of allylic oxidation sites excluding steroid dienone is 1. The molecule has 0 radical (unpaired) electrons. The summed E-state index contributed by atoms with van der Waals surface area (Å²) in [6.07, 6.45) is 3.98. The molecular formula is C20H19N3O2S. The summed E-state index contributed by atoms with van der Waals surface area (Å²) in [5, 5.41) is 11.1. The maximum Gasteiger partial charge on any atom is 0.239 e. The minimum Gasteiger partial charge on any atom is -0.489 e. The molecule has 0 bridgehead atoms. The van der Waals surface area contributed by atoms with Gasteiger partial charge in [-0.3, -0.25) is 4.79 Å². The van der Waals surface area contributed by atoms with Crippen LogP contribution >= 0.6 is 11.8 Å². The maximum atomic E-state index is 11.7. The zero-order chi connectivity index (χ0) is 18.2. The molecule has 1 amide bonds. The minimum absolute atomic E-state index is 0.0521. The van der Waals surface area contributed by atoms with Gasteiger partial charge in [0.1, 0.15) is 12.4 Å². The van der Waals surface area contributed by atoms with Gasteiger partial charge in [-0.1, -0.05) is 48.2 Å². The topological polar surface area (TPSA) is 63.1 Å². The van der Waals surface area contributed by atoms with Crippen molar-refractivity contribution in [3.05, 3.63) is 78.4 Å². The Morgan fingerprint density at radius 1 is 1.15 bits per heavy atom. The van der Waals surface area contributed by atoms with E-state index in [4.69, 9.17) is 4.74 Å². The van der Waals surface area contributed by atoms with E-state index in [1.165, 1.54) is 11.8 Å². The maximum absolute atomic E-state index is 11.7. The van der Waals surface area contributed by atoms with Crippen LogP contribution < -0.4 is 10.1 Å². The molecule has 132 valence electrons. The van der Waals surface area contributed by atoms with Crippen molar-refractivity contribution < 1.29 is 9.53 Å². The molecule has 1 aliphatic rings. The Balaban J connectivity index is 1.52. The third-order valence-corrected chi connectivity index (χ3v) is 4.74. The summed E-state index contributed by atoms with van der Waals surface area (Å²) in [4.78, 5) is 11.7. The molecule has 0 aliphatic carbocycles. The van der Waals surface area contributed by atoms with Crippen LogP contribution in [0.4, 0.5) is 0 Å². The SMILES string of the molecule is C=CCC1S/C(=N\N=C/c2ccc(OCc3ccccc3)cc2)NC1=O. The molecule has 26 heavy (non-hydrogen) atoms. The number of carbonyl (C=O) groups is 1. The first-order chi connectivity index (χ1) is 12.7. The highest BCUT2D eigenvalue weighted by Crippen LogP contribution is 2.22. The monoisotopic (exact) mass is 365 g/mol. The van der Waals surface area contributed by atoms with Crippen molar-refractivity contribution in [3.63, 3.8) is 0 Å². The fourth-order valence-corrected chi connectivity index (χ4v) is 3.22. The molecule has 5 nitrogen and oxygen atoms in total. The molecule has 0 saturated carbocycles. The molecule has 1 atom stereocenters. The Hall–Kier alpha value is -2.86. The summed E-state index contributed by atoms with van der Waals surface area (Å²) in [5.74, 6) is 0.743.